The molecule has 2 fully saturated rings. The lowest BCUT2D eigenvalue weighted by Crippen LogP contribution is -2.52. The van der Waals surface area contributed by atoms with Crippen LogP contribution in [-0.2, 0) is 0 Å². The minimum Gasteiger partial charge on any atom is -0.493 e. The van der Waals surface area contributed by atoms with Gasteiger partial charge >= 0.3 is 6.03 Å². The molecule has 1 aromatic carbocycles. The van der Waals surface area contributed by atoms with Crippen molar-refractivity contribution in [3.63, 3.8) is 0 Å². The summed E-state index contributed by atoms with van der Waals surface area (Å²) < 4.78 is 10.7. The molecule has 0 aromatic heterocycles. The second kappa shape index (κ2) is 10.0. The van der Waals surface area contributed by atoms with Gasteiger partial charge in [-0.25, -0.2) is 4.79 Å². The Balaban J connectivity index is 1.53. The molecule has 1 aliphatic carbocycles. The Morgan fingerprint density at radius 1 is 1.11 bits per heavy atom. The SMILES string of the molecule is CCC(NC(=O)N1CCN(CC2CCCC2)CC1)c1ccc(OC)c(OC)c1. The van der Waals surface area contributed by atoms with Crippen molar-refractivity contribution in [3.8, 4) is 11.5 Å². The lowest BCUT2D eigenvalue weighted by molar-refractivity contribution is 0.126. The highest BCUT2D eigenvalue weighted by Crippen LogP contribution is 2.31. The number of rotatable bonds is 7. The van der Waals surface area contributed by atoms with Crippen LogP contribution in [0.2, 0.25) is 0 Å². The molecule has 6 heteroatoms. The Hall–Kier alpha value is -1.95. The number of carbonyl (C=O) groups excluding carboxylic acids is 1. The molecule has 2 aliphatic rings. The summed E-state index contributed by atoms with van der Waals surface area (Å²) in [5.74, 6) is 2.26. The number of urea groups is 1. The standard InChI is InChI=1S/C22H35N3O3/c1-4-19(18-9-10-20(27-2)21(15-18)28-3)23-22(26)25-13-11-24(12-14-25)16-17-7-5-6-8-17/h9-10,15,17,19H,4-8,11-14,16H2,1-3H3,(H,23,26). The Morgan fingerprint density at radius 3 is 2.39 bits per heavy atom. The van der Waals surface area contributed by atoms with E-state index in [2.05, 4.69) is 17.1 Å². The third-order valence-corrected chi connectivity index (χ3v) is 6.17. The normalized spacial score (nSPS) is 19.5. The quantitative estimate of drug-likeness (QED) is 0.773. The van der Waals surface area contributed by atoms with Crippen LogP contribution in [0.15, 0.2) is 18.2 Å². The van der Waals surface area contributed by atoms with E-state index in [-0.39, 0.29) is 12.1 Å². The van der Waals surface area contributed by atoms with Crippen molar-refractivity contribution in [3.05, 3.63) is 23.8 Å². The summed E-state index contributed by atoms with van der Waals surface area (Å²) in [6.07, 6.45) is 6.36. The molecule has 1 aliphatic heterocycles. The molecule has 1 atom stereocenters. The van der Waals surface area contributed by atoms with Gasteiger partial charge in [-0.1, -0.05) is 25.8 Å². The number of amides is 2. The monoisotopic (exact) mass is 389 g/mol. The van der Waals surface area contributed by atoms with Crippen molar-refractivity contribution in [2.24, 2.45) is 5.92 Å². The lowest BCUT2D eigenvalue weighted by atomic mass is 10.0. The van der Waals surface area contributed by atoms with Crippen LogP contribution in [0.5, 0.6) is 11.5 Å². The highest BCUT2D eigenvalue weighted by molar-refractivity contribution is 5.75. The average molecular weight is 390 g/mol. The zero-order valence-electron chi connectivity index (χ0n) is 17.6. The first-order chi connectivity index (χ1) is 13.6. The summed E-state index contributed by atoms with van der Waals surface area (Å²) in [7, 11) is 3.26. The first-order valence-corrected chi connectivity index (χ1v) is 10.6. The summed E-state index contributed by atoms with van der Waals surface area (Å²) in [4.78, 5) is 17.3. The third kappa shape index (κ3) is 5.10. The van der Waals surface area contributed by atoms with Gasteiger partial charge in [0, 0.05) is 32.7 Å². The molecule has 0 radical (unpaired) electrons. The minimum atomic E-state index is -0.0381. The van der Waals surface area contributed by atoms with Gasteiger partial charge in [-0.15, -0.1) is 0 Å². The number of benzene rings is 1. The highest BCUT2D eigenvalue weighted by Gasteiger charge is 2.25. The van der Waals surface area contributed by atoms with Crippen LogP contribution in [0.3, 0.4) is 0 Å². The second-order valence-corrected chi connectivity index (χ2v) is 7.96. The van der Waals surface area contributed by atoms with Crippen LogP contribution in [0.4, 0.5) is 4.79 Å². The van der Waals surface area contributed by atoms with Gasteiger partial charge in [-0.3, -0.25) is 4.90 Å². The van der Waals surface area contributed by atoms with Crippen LogP contribution in [0.25, 0.3) is 0 Å². The number of ether oxygens (including phenoxy) is 2. The number of nitrogens with one attached hydrogen (secondary N) is 1. The predicted octanol–water partition coefficient (Wildman–Crippen LogP) is 3.67. The van der Waals surface area contributed by atoms with Crippen LogP contribution in [0.1, 0.15) is 50.6 Å². The van der Waals surface area contributed by atoms with Crippen molar-refractivity contribution < 1.29 is 14.3 Å². The Morgan fingerprint density at radius 2 is 1.79 bits per heavy atom. The first kappa shape index (κ1) is 20.8. The summed E-state index contributed by atoms with van der Waals surface area (Å²) in [5.41, 5.74) is 1.04. The number of hydrogen-bond donors (Lipinski definition) is 1. The van der Waals surface area contributed by atoms with E-state index in [1.54, 1.807) is 14.2 Å². The van der Waals surface area contributed by atoms with Gasteiger partial charge in [0.15, 0.2) is 11.5 Å². The fourth-order valence-electron chi connectivity index (χ4n) is 4.42. The molecule has 0 bridgehead atoms. The summed E-state index contributed by atoms with van der Waals surface area (Å²) >= 11 is 0. The van der Waals surface area contributed by atoms with E-state index in [9.17, 15) is 4.79 Å². The average Bonchev–Trinajstić information content (AvgIpc) is 3.24. The lowest BCUT2D eigenvalue weighted by Gasteiger charge is -2.36. The summed E-state index contributed by atoms with van der Waals surface area (Å²) in [6, 6.07) is 5.83. The largest absolute Gasteiger partial charge is 0.493 e. The van der Waals surface area contributed by atoms with Gasteiger partial charge in [0.25, 0.3) is 0 Å². The van der Waals surface area contributed by atoms with Gasteiger partial charge < -0.3 is 19.7 Å². The van der Waals surface area contributed by atoms with E-state index in [0.717, 1.165) is 44.1 Å². The summed E-state index contributed by atoms with van der Waals surface area (Å²) in [6.45, 7) is 6.87. The number of hydrogen-bond acceptors (Lipinski definition) is 4. The maximum Gasteiger partial charge on any atom is 0.317 e. The summed E-state index contributed by atoms with van der Waals surface area (Å²) in [5, 5.41) is 3.20. The maximum atomic E-state index is 12.8. The van der Waals surface area contributed by atoms with E-state index in [1.807, 2.05) is 23.1 Å². The molecule has 0 spiro atoms. The molecule has 28 heavy (non-hydrogen) atoms. The van der Waals surface area contributed by atoms with E-state index in [4.69, 9.17) is 9.47 Å². The van der Waals surface area contributed by atoms with Crippen molar-refractivity contribution >= 4 is 6.03 Å². The minimum absolute atomic E-state index is 0.0298. The van der Waals surface area contributed by atoms with Crippen molar-refractivity contribution in [1.29, 1.82) is 0 Å². The molecule has 6 nitrogen and oxygen atoms in total. The second-order valence-electron chi connectivity index (χ2n) is 7.96. The van der Waals surface area contributed by atoms with E-state index >= 15 is 0 Å². The van der Waals surface area contributed by atoms with Crippen LogP contribution in [0, 0.1) is 5.92 Å². The molecule has 2 amide bonds. The van der Waals surface area contributed by atoms with E-state index < -0.39 is 0 Å². The molecule has 1 saturated heterocycles. The zero-order chi connectivity index (χ0) is 19.9. The molecule has 1 aromatic rings. The molecule has 1 heterocycles. The fraction of sp³-hybridized carbons (Fsp3) is 0.682. The molecular weight excluding hydrogens is 354 g/mol. The van der Waals surface area contributed by atoms with Crippen molar-refractivity contribution in [2.45, 2.75) is 45.1 Å². The molecule has 3 rings (SSSR count). The Labute approximate surface area is 169 Å². The topological polar surface area (TPSA) is 54.0 Å². The Kier molecular flexibility index (Phi) is 7.43. The predicted molar refractivity (Wildman–Crippen MR) is 111 cm³/mol. The van der Waals surface area contributed by atoms with Gasteiger partial charge in [-0.05, 0) is 42.9 Å². The number of methoxy groups -OCH3 is 2. The highest BCUT2D eigenvalue weighted by atomic mass is 16.5. The van der Waals surface area contributed by atoms with Crippen LogP contribution in [-0.4, -0.2) is 62.8 Å². The fourth-order valence-corrected chi connectivity index (χ4v) is 4.42. The van der Waals surface area contributed by atoms with Crippen LogP contribution < -0.4 is 14.8 Å². The van der Waals surface area contributed by atoms with Crippen molar-refractivity contribution in [2.75, 3.05) is 46.9 Å². The Bertz CT molecular complexity index is 638. The molecule has 156 valence electrons. The smallest absolute Gasteiger partial charge is 0.317 e. The molecule has 1 saturated carbocycles. The maximum absolute atomic E-state index is 12.8. The van der Waals surface area contributed by atoms with Gasteiger partial charge in [0.05, 0.1) is 20.3 Å². The van der Waals surface area contributed by atoms with Crippen molar-refractivity contribution in [1.82, 2.24) is 15.1 Å². The third-order valence-electron chi connectivity index (χ3n) is 6.17. The van der Waals surface area contributed by atoms with Gasteiger partial charge in [0.1, 0.15) is 0 Å². The molecule has 1 N–H and O–H groups in total. The molecule has 1 unspecified atom stereocenters. The molecular formula is C22H35N3O3. The van der Waals surface area contributed by atoms with Gasteiger partial charge in [0.2, 0.25) is 0 Å². The number of piperazine rings is 1. The number of nitrogens with zero attached hydrogens (tertiary/aromatic N) is 2. The van der Waals surface area contributed by atoms with E-state index in [0.29, 0.717) is 11.5 Å². The zero-order valence-corrected chi connectivity index (χ0v) is 17.6. The van der Waals surface area contributed by atoms with E-state index in [1.165, 1.54) is 32.2 Å². The van der Waals surface area contributed by atoms with Crippen LogP contribution >= 0.6 is 0 Å². The first-order valence-electron chi connectivity index (χ1n) is 10.6. The number of carbonyl (C=O) groups is 1. The van der Waals surface area contributed by atoms with Gasteiger partial charge in [-0.2, -0.15) is 0 Å².